The predicted octanol–water partition coefficient (Wildman–Crippen LogP) is 3.10. The highest BCUT2D eigenvalue weighted by Crippen LogP contribution is 2.42. The Morgan fingerprint density at radius 1 is 1.77 bits per heavy atom. The maximum atomic E-state index is 9.16. The van der Waals surface area contributed by atoms with E-state index in [1.54, 1.807) is 0 Å². The van der Waals surface area contributed by atoms with Gasteiger partial charge < -0.3 is 5.11 Å². The summed E-state index contributed by atoms with van der Waals surface area (Å²) in [7, 11) is 0. The van der Waals surface area contributed by atoms with Gasteiger partial charge in [-0.2, -0.15) is 0 Å². The van der Waals surface area contributed by atoms with Crippen LogP contribution in [0.3, 0.4) is 0 Å². The first-order valence-corrected chi connectivity index (χ1v) is 5.88. The van der Waals surface area contributed by atoms with E-state index in [2.05, 4.69) is 29.4 Å². The zero-order chi connectivity index (χ0) is 10.1. The summed E-state index contributed by atoms with van der Waals surface area (Å²) in [4.78, 5) is -0.256. The maximum absolute atomic E-state index is 9.16. The second-order valence-corrected chi connectivity index (χ2v) is 5.84. The normalized spacial score (nSPS) is 40.3. The van der Waals surface area contributed by atoms with Crippen molar-refractivity contribution in [3.63, 3.8) is 0 Å². The van der Waals surface area contributed by atoms with E-state index < -0.39 is 4.87 Å². The molecule has 0 bridgehead atoms. The van der Waals surface area contributed by atoms with Gasteiger partial charge in [-0.1, -0.05) is 28.1 Å². The van der Waals surface area contributed by atoms with Gasteiger partial charge in [-0.3, -0.25) is 0 Å². The Labute approximate surface area is 93.3 Å². The predicted molar refractivity (Wildman–Crippen MR) is 60.5 cm³/mol. The lowest BCUT2D eigenvalue weighted by molar-refractivity contribution is 0.202. The van der Waals surface area contributed by atoms with Gasteiger partial charge in [0.1, 0.15) is 0 Å². The molecular weight excluding hydrogens is 251 g/mol. The van der Waals surface area contributed by atoms with Gasteiger partial charge in [0.15, 0.2) is 0 Å². The number of halogens is 2. The summed E-state index contributed by atoms with van der Waals surface area (Å²) < 4.78 is 0. The summed E-state index contributed by atoms with van der Waals surface area (Å²) in [5.74, 6) is 0.558. The average Bonchev–Trinajstić information content (AvgIpc) is 2.09. The van der Waals surface area contributed by atoms with E-state index in [0.717, 1.165) is 19.3 Å². The smallest absolute Gasteiger partial charge is 0.0801 e. The lowest BCUT2D eigenvalue weighted by Gasteiger charge is -2.38. The SMILES string of the molecule is C=C(C)[C@H]1CC[C@](Cl)(CO)[C@H](Br)C1. The first-order valence-electron chi connectivity index (χ1n) is 4.59. The van der Waals surface area contributed by atoms with Gasteiger partial charge in [0.2, 0.25) is 0 Å². The lowest BCUT2D eigenvalue weighted by Crippen LogP contribution is -2.42. The third kappa shape index (κ3) is 2.48. The van der Waals surface area contributed by atoms with Crippen molar-refractivity contribution in [2.45, 2.75) is 35.9 Å². The molecule has 1 fully saturated rings. The molecule has 1 rings (SSSR count). The molecule has 0 amide bonds. The molecule has 0 spiro atoms. The van der Waals surface area contributed by atoms with Crippen molar-refractivity contribution in [3.05, 3.63) is 12.2 Å². The second kappa shape index (κ2) is 4.33. The minimum absolute atomic E-state index is 0.0490. The van der Waals surface area contributed by atoms with Crippen LogP contribution >= 0.6 is 27.5 Å². The van der Waals surface area contributed by atoms with Gasteiger partial charge in [0.05, 0.1) is 11.5 Å². The highest BCUT2D eigenvalue weighted by Gasteiger charge is 2.40. The van der Waals surface area contributed by atoms with E-state index in [4.69, 9.17) is 16.7 Å². The van der Waals surface area contributed by atoms with E-state index in [9.17, 15) is 0 Å². The van der Waals surface area contributed by atoms with Gasteiger partial charge in [-0.25, -0.2) is 0 Å². The number of hydrogen-bond acceptors (Lipinski definition) is 1. The topological polar surface area (TPSA) is 20.2 Å². The molecule has 0 aromatic heterocycles. The van der Waals surface area contributed by atoms with Crippen molar-refractivity contribution in [2.75, 3.05) is 6.61 Å². The molecule has 1 N–H and O–H groups in total. The van der Waals surface area contributed by atoms with Crippen LogP contribution in [0.1, 0.15) is 26.2 Å². The Bertz CT molecular complexity index is 207. The van der Waals surface area contributed by atoms with E-state index in [-0.39, 0.29) is 11.4 Å². The Balaban J connectivity index is 2.61. The fourth-order valence-corrected chi connectivity index (χ4v) is 2.80. The molecule has 1 nitrogen and oxygen atoms in total. The van der Waals surface area contributed by atoms with Gasteiger partial charge in [0.25, 0.3) is 0 Å². The zero-order valence-corrected chi connectivity index (χ0v) is 10.2. The molecule has 13 heavy (non-hydrogen) atoms. The summed E-state index contributed by atoms with van der Waals surface area (Å²) in [6.45, 7) is 6.07. The lowest BCUT2D eigenvalue weighted by atomic mass is 9.79. The van der Waals surface area contributed by atoms with Crippen molar-refractivity contribution < 1.29 is 5.11 Å². The molecule has 76 valence electrons. The number of rotatable bonds is 2. The minimum atomic E-state index is -0.452. The molecule has 0 unspecified atom stereocenters. The Kier molecular flexibility index (Phi) is 3.84. The largest absolute Gasteiger partial charge is 0.395 e. The van der Waals surface area contributed by atoms with Crippen LogP contribution < -0.4 is 0 Å². The van der Waals surface area contributed by atoms with Crippen LogP contribution in [0.15, 0.2) is 12.2 Å². The van der Waals surface area contributed by atoms with E-state index >= 15 is 0 Å². The molecule has 0 aromatic carbocycles. The molecule has 3 heteroatoms. The molecule has 1 aliphatic rings. The molecule has 0 aliphatic heterocycles. The zero-order valence-electron chi connectivity index (χ0n) is 7.89. The molecule has 0 saturated heterocycles. The number of hydrogen-bond donors (Lipinski definition) is 1. The monoisotopic (exact) mass is 266 g/mol. The van der Waals surface area contributed by atoms with Crippen molar-refractivity contribution in [1.82, 2.24) is 0 Å². The first kappa shape index (κ1) is 11.5. The average molecular weight is 268 g/mol. The van der Waals surface area contributed by atoms with Gasteiger partial charge >= 0.3 is 0 Å². The van der Waals surface area contributed by atoms with Crippen LogP contribution in [0.5, 0.6) is 0 Å². The molecule has 3 atom stereocenters. The summed E-state index contributed by atoms with van der Waals surface area (Å²) in [5, 5.41) is 9.16. The number of aliphatic hydroxyl groups is 1. The third-order valence-corrected chi connectivity index (χ3v) is 5.01. The van der Waals surface area contributed by atoms with Gasteiger partial charge in [-0.15, -0.1) is 11.6 Å². The first-order chi connectivity index (χ1) is 5.99. The van der Waals surface area contributed by atoms with Crippen molar-refractivity contribution in [2.24, 2.45) is 5.92 Å². The Morgan fingerprint density at radius 3 is 2.77 bits per heavy atom. The standard InChI is InChI=1S/C10H16BrClO/c1-7(2)8-3-4-10(12,6-13)9(11)5-8/h8-9,13H,1,3-6H2,2H3/t8-,9+,10-/m0/s1. The molecule has 1 aliphatic carbocycles. The number of allylic oxidation sites excluding steroid dienone is 1. The van der Waals surface area contributed by atoms with Crippen LogP contribution in [0, 0.1) is 5.92 Å². The fourth-order valence-electron chi connectivity index (χ4n) is 1.78. The fraction of sp³-hybridized carbons (Fsp3) is 0.800. The Hall–Kier alpha value is 0.470. The summed E-state index contributed by atoms with van der Waals surface area (Å²) >= 11 is 9.80. The van der Waals surface area contributed by atoms with E-state index in [0.29, 0.717) is 5.92 Å². The molecule has 0 aromatic rings. The highest BCUT2D eigenvalue weighted by atomic mass is 79.9. The van der Waals surface area contributed by atoms with Crippen LogP contribution in [0.4, 0.5) is 0 Å². The van der Waals surface area contributed by atoms with Crippen LogP contribution in [-0.2, 0) is 0 Å². The molecule has 1 saturated carbocycles. The third-order valence-electron chi connectivity index (χ3n) is 2.92. The maximum Gasteiger partial charge on any atom is 0.0801 e. The van der Waals surface area contributed by atoms with Crippen LogP contribution in [0.2, 0.25) is 0 Å². The molecule has 0 radical (unpaired) electrons. The highest BCUT2D eigenvalue weighted by molar-refractivity contribution is 9.09. The van der Waals surface area contributed by atoms with E-state index in [1.165, 1.54) is 5.57 Å². The number of aliphatic hydroxyl groups excluding tert-OH is 1. The Morgan fingerprint density at radius 2 is 2.38 bits per heavy atom. The van der Waals surface area contributed by atoms with Crippen LogP contribution in [0.25, 0.3) is 0 Å². The van der Waals surface area contributed by atoms with E-state index in [1.807, 2.05) is 0 Å². The molecular formula is C10H16BrClO. The van der Waals surface area contributed by atoms with Crippen LogP contribution in [-0.4, -0.2) is 21.4 Å². The summed E-state index contributed by atoms with van der Waals surface area (Å²) in [5.41, 5.74) is 1.22. The molecule has 0 heterocycles. The van der Waals surface area contributed by atoms with Gasteiger partial charge in [0, 0.05) is 4.83 Å². The summed E-state index contributed by atoms with van der Waals surface area (Å²) in [6, 6.07) is 0. The van der Waals surface area contributed by atoms with Gasteiger partial charge in [-0.05, 0) is 32.1 Å². The second-order valence-electron chi connectivity index (χ2n) is 3.98. The van der Waals surface area contributed by atoms with Crippen molar-refractivity contribution >= 4 is 27.5 Å². The van der Waals surface area contributed by atoms with Crippen molar-refractivity contribution in [1.29, 1.82) is 0 Å². The van der Waals surface area contributed by atoms with Crippen molar-refractivity contribution in [3.8, 4) is 0 Å². The quantitative estimate of drug-likeness (QED) is 0.602. The summed E-state index contributed by atoms with van der Waals surface area (Å²) in [6.07, 6.45) is 2.89. The number of alkyl halides is 2. The minimum Gasteiger partial charge on any atom is -0.395 e.